The summed E-state index contributed by atoms with van der Waals surface area (Å²) >= 11 is 1.52. The van der Waals surface area contributed by atoms with Crippen molar-refractivity contribution < 1.29 is 0 Å². The molecule has 0 amide bonds. The van der Waals surface area contributed by atoms with Crippen molar-refractivity contribution in [2.24, 2.45) is 10.9 Å². The third-order valence-corrected chi connectivity index (χ3v) is 4.38. The van der Waals surface area contributed by atoms with Gasteiger partial charge >= 0.3 is 0 Å². The predicted octanol–water partition coefficient (Wildman–Crippen LogP) is 4.92. The summed E-state index contributed by atoms with van der Waals surface area (Å²) in [6.07, 6.45) is 2.73. The molecule has 0 saturated carbocycles. The Labute approximate surface area is 136 Å². The normalized spacial score (nSPS) is 14.1. The summed E-state index contributed by atoms with van der Waals surface area (Å²) in [6, 6.07) is 12.7. The van der Waals surface area contributed by atoms with E-state index in [1.54, 1.807) is 6.21 Å². The van der Waals surface area contributed by atoms with E-state index in [1.165, 1.54) is 16.9 Å². The number of nitriles is 1. The second-order valence-electron chi connectivity index (χ2n) is 5.79. The van der Waals surface area contributed by atoms with Crippen molar-refractivity contribution in [1.82, 2.24) is 4.98 Å². The molecule has 1 aromatic heterocycles. The number of rotatable bonds is 6. The number of aryl methyl sites for hydroxylation is 1. The van der Waals surface area contributed by atoms with Crippen LogP contribution in [0.2, 0.25) is 0 Å². The lowest BCUT2D eigenvalue weighted by Crippen LogP contribution is -2.04. The van der Waals surface area contributed by atoms with Crippen LogP contribution in [0.3, 0.4) is 0 Å². The van der Waals surface area contributed by atoms with Crippen LogP contribution in [-0.4, -0.2) is 11.2 Å². The van der Waals surface area contributed by atoms with Gasteiger partial charge in [0.05, 0.1) is 12.1 Å². The number of aliphatic imine (C=N–C) groups is 1. The van der Waals surface area contributed by atoms with Crippen LogP contribution in [0.4, 0.5) is 0 Å². The molecule has 4 heteroatoms. The van der Waals surface area contributed by atoms with Crippen LogP contribution >= 0.6 is 11.3 Å². The lowest BCUT2D eigenvalue weighted by Gasteiger charge is -2.15. The number of benzene rings is 1. The number of thiazole rings is 1. The Morgan fingerprint density at radius 1 is 1.32 bits per heavy atom. The fourth-order valence-corrected chi connectivity index (χ4v) is 3.06. The molecule has 0 spiro atoms. The van der Waals surface area contributed by atoms with Gasteiger partial charge in [-0.2, -0.15) is 5.26 Å². The highest BCUT2D eigenvalue weighted by Crippen LogP contribution is 2.26. The van der Waals surface area contributed by atoms with E-state index in [2.05, 4.69) is 37.0 Å². The molecule has 0 N–H and O–H groups in total. The molecule has 0 aliphatic rings. The Balaban J connectivity index is 2.20. The molecule has 2 atom stereocenters. The Hall–Kier alpha value is -1.99. The molecule has 3 nitrogen and oxygen atoms in total. The van der Waals surface area contributed by atoms with Crippen molar-refractivity contribution >= 4 is 17.6 Å². The van der Waals surface area contributed by atoms with Crippen molar-refractivity contribution in [2.45, 2.75) is 39.2 Å². The minimum absolute atomic E-state index is 0.0955. The molecule has 0 unspecified atom stereocenters. The first-order valence-electron chi connectivity index (χ1n) is 7.50. The maximum Gasteiger partial charge on any atom is 0.133 e. The van der Waals surface area contributed by atoms with E-state index in [-0.39, 0.29) is 12.0 Å². The summed E-state index contributed by atoms with van der Waals surface area (Å²) in [7, 11) is 0. The topological polar surface area (TPSA) is 49.0 Å². The molecule has 114 valence electrons. The zero-order valence-electron chi connectivity index (χ0n) is 13.2. The van der Waals surface area contributed by atoms with E-state index in [9.17, 15) is 5.26 Å². The van der Waals surface area contributed by atoms with Crippen molar-refractivity contribution in [3.05, 3.63) is 52.0 Å². The number of aromatic nitrogens is 1. The van der Waals surface area contributed by atoms with Crippen LogP contribution in [0.15, 0.2) is 40.7 Å². The van der Waals surface area contributed by atoms with Gasteiger partial charge in [-0.25, -0.2) is 4.98 Å². The highest BCUT2D eigenvalue weighted by molar-refractivity contribution is 7.09. The van der Waals surface area contributed by atoms with Gasteiger partial charge in [-0.15, -0.1) is 11.3 Å². The highest BCUT2D eigenvalue weighted by atomic mass is 32.1. The molecule has 1 heterocycles. The smallest absolute Gasteiger partial charge is 0.133 e. The Morgan fingerprint density at radius 3 is 2.59 bits per heavy atom. The molecule has 0 aliphatic carbocycles. The second-order valence-corrected chi connectivity index (χ2v) is 6.68. The average molecular weight is 311 g/mol. The third-order valence-electron chi connectivity index (χ3n) is 3.34. The molecule has 0 fully saturated rings. The first kappa shape index (κ1) is 16.4. The average Bonchev–Trinajstić information content (AvgIpc) is 2.93. The van der Waals surface area contributed by atoms with E-state index in [0.29, 0.717) is 5.92 Å². The van der Waals surface area contributed by atoms with Crippen LogP contribution in [0.25, 0.3) is 0 Å². The van der Waals surface area contributed by atoms with Crippen LogP contribution < -0.4 is 0 Å². The molecule has 0 aliphatic heterocycles. The molecular formula is C18H21N3S. The fourth-order valence-electron chi connectivity index (χ4n) is 2.26. The molecule has 0 bridgehead atoms. The molecule has 2 aromatic rings. The lowest BCUT2D eigenvalue weighted by molar-refractivity contribution is 0.512. The van der Waals surface area contributed by atoms with Gasteiger partial charge in [0.2, 0.25) is 0 Å². The number of hydrogen-bond acceptors (Lipinski definition) is 4. The summed E-state index contributed by atoms with van der Waals surface area (Å²) in [6.45, 7) is 6.33. The third kappa shape index (κ3) is 4.51. The SMILES string of the molecule is Cc1csc([C@H](C#N)C=N[C@H](CC(C)C)c2ccccc2)n1. The molecule has 22 heavy (non-hydrogen) atoms. The summed E-state index contributed by atoms with van der Waals surface area (Å²) < 4.78 is 0. The first-order chi connectivity index (χ1) is 10.6. The predicted molar refractivity (Wildman–Crippen MR) is 92.3 cm³/mol. The number of hydrogen-bond donors (Lipinski definition) is 0. The maximum atomic E-state index is 9.38. The zero-order valence-corrected chi connectivity index (χ0v) is 14.0. The molecule has 0 saturated heterocycles. The number of nitrogens with zero attached hydrogens (tertiary/aromatic N) is 3. The molecule has 2 rings (SSSR count). The van der Waals surface area contributed by atoms with Crippen molar-refractivity contribution in [3.63, 3.8) is 0 Å². The van der Waals surface area contributed by atoms with Gasteiger partial charge in [0, 0.05) is 17.3 Å². The maximum absolute atomic E-state index is 9.38. The minimum Gasteiger partial charge on any atom is -0.288 e. The Kier molecular flexibility index (Phi) is 5.85. The van der Waals surface area contributed by atoms with Gasteiger partial charge in [0.15, 0.2) is 0 Å². The van der Waals surface area contributed by atoms with E-state index in [1.807, 2.05) is 30.5 Å². The van der Waals surface area contributed by atoms with Crippen LogP contribution in [0.5, 0.6) is 0 Å². The van der Waals surface area contributed by atoms with Crippen molar-refractivity contribution in [3.8, 4) is 6.07 Å². The van der Waals surface area contributed by atoms with Crippen LogP contribution in [0, 0.1) is 24.2 Å². The summed E-state index contributed by atoms with van der Waals surface area (Å²) in [5.41, 5.74) is 2.15. The lowest BCUT2D eigenvalue weighted by atomic mass is 9.97. The van der Waals surface area contributed by atoms with Gasteiger partial charge in [0.25, 0.3) is 0 Å². The Morgan fingerprint density at radius 2 is 2.05 bits per heavy atom. The fraction of sp³-hybridized carbons (Fsp3) is 0.389. The van der Waals surface area contributed by atoms with Gasteiger partial charge in [-0.1, -0.05) is 44.2 Å². The van der Waals surface area contributed by atoms with E-state index in [0.717, 1.165) is 17.1 Å². The van der Waals surface area contributed by atoms with E-state index in [4.69, 9.17) is 4.99 Å². The van der Waals surface area contributed by atoms with Gasteiger partial charge < -0.3 is 0 Å². The van der Waals surface area contributed by atoms with E-state index >= 15 is 0 Å². The van der Waals surface area contributed by atoms with Crippen molar-refractivity contribution in [2.75, 3.05) is 0 Å². The molecule has 0 radical (unpaired) electrons. The quantitative estimate of drug-likeness (QED) is 0.711. The van der Waals surface area contributed by atoms with Crippen LogP contribution in [-0.2, 0) is 0 Å². The highest BCUT2D eigenvalue weighted by Gasteiger charge is 2.15. The Bertz CT molecular complexity index is 652. The molecular weight excluding hydrogens is 290 g/mol. The van der Waals surface area contributed by atoms with E-state index < -0.39 is 0 Å². The monoisotopic (exact) mass is 311 g/mol. The largest absolute Gasteiger partial charge is 0.288 e. The minimum atomic E-state index is -0.364. The summed E-state index contributed by atoms with van der Waals surface area (Å²) in [4.78, 5) is 9.11. The van der Waals surface area contributed by atoms with Crippen LogP contribution in [0.1, 0.15) is 48.5 Å². The molecule has 1 aromatic carbocycles. The zero-order chi connectivity index (χ0) is 15.9. The van der Waals surface area contributed by atoms with Crippen molar-refractivity contribution in [1.29, 1.82) is 5.26 Å². The first-order valence-corrected chi connectivity index (χ1v) is 8.38. The van der Waals surface area contributed by atoms with Gasteiger partial charge in [0.1, 0.15) is 10.9 Å². The summed E-state index contributed by atoms with van der Waals surface area (Å²) in [5, 5.41) is 12.2. The van der Waals surface area contributed by atoms with Gasteiger partial charge in [-0.05, 0) is 24.8 Å². The summed E-state index contributed by atoms with van der Waals surface area (Å²) in [5.74, 6) is 0.182. The standard InChI is InChI=1S/C18H21N3S/c1-13(2)9-17(15-7-5-4-6-8-15)20-11-16(10-19)18-21-14(3)12-22-18/h4-8,11-13,16-17H,9H2,1-3H3/t16-,17-/m1/s1. The van der Waals surface area contributed by atoms with Gasteiger partial charge in [-0.3, -0.25) is 4.99 Å². The second kappa shape index (κ2) is 7.86.